The number of aliphatic hydroxyl groups is 4. The van der Waals surface area contributed by atoms with Gasteiger partial charge >= 0.3 is 0 Å². The predicted octanol–water partition coefficient (Wildman–Crippen LogP) is 2.79. The van der Waals surface area contributed by atoms with Crippen LogP contribution in [0, 0.1) is 10.1 Å². The van der Waals surface area contributed by atoms with Crippen LogP contribution in [0.25, 0.3) is 10.4 Å². The molecule has 0 spiro atoms. The number of nitro groups is 1. The zero-order valence-corrected chi connectivity index (χ0v) is 21.9. The van der Waals surface area contributed by atoms with Crippen LogP contribution < -0.4 is 5.32 Å². The topological polar surface area (TPSA) is 188 Å². The quantitative estimate of drug-likeness (QED) is 0.102. The normalized spacial score (nSPS) is 22.1. The van der Waals surface area contributed by atoms with E-state index in [9.17, 15) is 30.5 Å². The first kappa shape index (κ1) is 29.3. The second-order valence-electron chi connectivity index (χ2n) is 10.7. The number of piperidine rings is 1. The molecule has 38 heavy (non-hydrogen) atoms. The molecule has 5 N–H and O–H groups in total. The van der Waals surface area contributed by atoms with Crippen molar-refractivity contribution < 1.29 is 25.3 Å². The molecule has 1 heterocycles. The molecule has 3 rings (SSSR count). The average Bonchev–Trinajstić information content (AvgIpc) is 2.86. The maximum absolute atomic E-state index is 11.5. The minimum absolute atomic E-state index is 0.122. The first-order chi connectivity index (χ1) is 17.9. The zero-order valence-electron chi connectivity index (χ0n) is 21.9. The second-order valence-corrected chi connectivity index (χ2v) is 10.7. The number of rotatable bonds is 10. The van der Waals surface area contributed by atoms with Crippen molar-refractivity contribution in [2.24, 2.45) is 5.11 Å². The molecule has 0 aromatic heterocycles. The number of likely N-dealkylation sites (tertiary alicyclic amines) is 1. The number of nitrogens with one attached hydrogen (secondary N) is 1. The van der Waals surface area contributed by atoms with Crippen molar-refractivity contribution in [3.8, 4) is 0 Å². The highest BCUT2D eigenvalue weighted by molar-refractivity contribution is 5.66. The van der Waals surface area contributed by atoms with E-state index in [4.69, 9.17) is 5.53 Å². The fraction of sp³-hybridized carbons (Fsp3) is 0.538. The molecule has 1 aliphatic heterocycles. The standard InChI is InChI=1S/C26H36N6O6/c1-26(2,3)18-11-16(6-8-28-20-5-4-19(29-30-27)13-21(20)32(37)38)10-17(12-18)7-9-31-14-23(34)25(36)24(35)22(31)15-33/h4-5,10-13,22-25,28,33-36H,6-9,14-15H2,1-3H3/t22-,23+,24-,25-/m1/s1. The fourth-order valence-corrected chi connectivity index (χ4v) is 4.67. The number of benzene rings is 2. The second kappa shape index (κ2) is 12.5. The van der Waals surface area contributed by atoms with Crippen LogP contribution in [0.5, 0.6) is 0 Å². The molecule has 0 saturated carbocycles. The van der Waals surface area contributed by atoms with E-state index in [-0.39, 0.29) is 29.9 Å². The number of nitro benzene ring substituents is 1. The summed E-state index contributed by atoms with van der Waals surface area (Å²) < 4.78 is 0. The van der Waals surface area contributed by atoms with Crippen LogP contribution in [0.2, 0.25) is 0 Å². The molecule has 0 amide bonds. The van der Waals surface area contributed by atoms with Gasteiger partial charge in [-0.25, -0.2) is 0 Å². The van der Waals surface area contributed by atoms with Gasteiger partial charge in [-0.15, -0.1) is 0 Å². The number of azide groups is 1. The Morgan fingerprint density at radius 2 is 1.82 bits per heavy atom. The molecule has 206 valence electrons. The van der Waals surface area contributed by atoms with E-state index in [2.05, 4.69) is 54.3 Å². The Kier molecular flexibility index (Phi) is 9.66. The molecule has 0 bridgehead atoms. The van der Waals surface area contributed by atoms with E-state index in [1.807, 2.05) is 0 Å². The van der Waals surface area contributed by atoms with Gasteiger partial charge in [0, 0.05) is 36.3 Å². The molecule has 2 aromatic rings. The van der Waals surface area contributed by atoms with Gasteiger partial charge in [0.25, 0.3) is 5.69 Å². The first-order valence-electron chi connectivity index (χ1n) is 12.5. The molecule has 1 saturated heterocycles. The lowest BCUT2D eigenvalue weighted by Gasteiger charge is -2.43. The van der Waals surface area contributed by atoms with Crippen LogP contribution in [0.3, 0.4) is 0 Å². The minimum atomic E-state index is -1.29. The summed E-state index contributed by atoms with van der Waals surface area (Å²) in [5.41, 5.74) is 12.0. The highest BCUT2D eigenvalue weighted by Gasteiger charge is 2.40. The number of β-amino-alcohol motifs (C(OH)–C–C–N with tert-alkyl or cyclic N) is 1. The zero-order chi connectivity index (χ0) is 28.0. The van der Waals surface area contributed by atoms with Crippen molar-refractivity contribution in [1.29, 1.82) is 0 Å². The molecule has 0 radical (unpaired) electrons. The third kappa shape index (κ3) is 7.19. The van der Waals surface area contributed by atoms with Gasteiger partial charge in [0.2, 0.25) is 0 Å². The largest absolute Gasteiger partial charge is 0.395 e. The van der Waals surface area contributed by atoms with Crippen LogP contribution in [0.4, 0.5) is 17.1 Å². The molecule has 2 aromatic carbocycles. The van der Waals surface area contributed by atoms with E-state index in [0.29, 0.717) is 31.6 Å². The van der Waals surface area contributed by atoms with Gasteiger partial charge in [-0.3, -0.25) is 15.0 Å². The van der Waals surface area contributed by atoms with Crippen molar-refractivity contribution in [3.05, 3.63) is 73.6 Å². The van der Waals surface area contributed by atoms with Gasteiger partial charge in [-0.2, -0.15) is 0 Å². The average molecular weight is 529 g/mol. The van der Waals surface area contributed by atoms with Gasteiger partial charge in [0.15, 0.2) is 0 Å². The van der Waals surface area contributed by atoms with Crippen molar-refractivity contribution in [3.63, 3.8) is 0 Å². The Bertz CT molecular complexity index is 1180. The van der Waals surface area contributed by atoms with Crippen molar-refractivity contribution in [1.82, 2.24) is 4.90 Å². The summed E-state index contributed by atoms with van der Waals surface area (Å²) in [6.45, 7) is 7.07. The molecule has 1 fully saturated rings. The predicted molar refractivity (Wildman–Crippen MR) is 143 cm³/mol. The van der Waals surface area contributed by atoms with Gasteiger partial charge < -0.3 is 25.7 Å². The highest BCUT2D eigenvalue weighted by Crippen LogP contribution is 2.30. The Labute approximate surface area is 221 Å². The number of aliphatic hydroxyl groups excluding tert-OH is 4. The molecule has 1 aliphatic rings. The van der Waals surface area contributed by atoms with Gasteiger partial charge in [-0.1, -0.05) is 50.2 Å². The van der Waals surface area contributed by atoms with E-state index < -0.39 is 29.3 Å². The summed E-state index contributed by atoms with van der Waals surface area (Å²) in [5.74, 6) is 0. The summed E-state index contributed by atoms with van der Waals surface area (Å²) >= 11 is 0. The Balaban J connectivity index is 1.74. The van der Waals surface area contributed by atoms with Gasteiger partial charge in [0.1, 0.15) is 17.9 Å². The molecule has 4 atom stereocenters. The van der Waals surface area contributed by atoms with E-state index >= 15 is 0 Å². The molecule has 0 unspecified atom stereocenters. The van der Waals surface area contributed by atoms with E-state index in [0.717, 1.165) is 16.7 Å². The Morgan fingerprint density at radius 1 is 1.13 bits per heavy atom. The summed E-state index contributed by atoms with van der Waals surface area (Å²) in [7, 11) is 0. The lowest BCUT2D eigenvalue weighted by atomic mass is 9.84. The van der Waals surface area contributed by atoms with Crippen molar-refractivity contribution in [2.75, 3.05) is 31.6 Å². The maximum Gasteiger partial charge on any atom is 0.292 e. The van der Waals surface area contributed by atoms with Crippen molar-refractivity contribution in [2.45, 2.75) is 63.4 Å². The maximum atomic E-state index is 11.5. The smallest absolute Gasteiger partial charge is 0.292 e. The van der Waals surface area contributed by atoms with Crippen molar-refractivity contribution >= 4 is 17.1 Å². The lowest BCUT2D eigenvalue weighted by Crippen LogP contribution is -2.62. The fourth-order valence-electron chi connectivity index (χ4n) is 4.67. The number of hydrogen-bond donors (Lipinski definition) is 5. The molecule has 12 heteroatoms. The summed E-state index contributed by atoms with van der Waals surface area (Å²) in [6.07, 6.45) is -2.43. The van der Waals surface area contributed by atoms with Crippen LogP contribution in [-0.4, -0.2) is 80.8 Å². The Morgan fingerprint density at radius 3 is 2.42 bits per heavy atom. The van der Waals surface area contributed by atoms with E-state index in [1.165, 1.54) is 18.2 Å². The van der Waals surface area contributed by atoms with Crippen LogP contribution in [0.1, 0.15) is 37.5 Å². The van der Waals surface area contributed by atoms with E-state index in [1.54, 1.807) is 4.90 Å². The monoisotopic (exact) mass is 528 g/mol. The third-order valence-electron chi connectivity index (χ3n) is 6.89. The first-order valence-corrected chi connectivity index (χ1v) is 12.5. The number of nitrogens with zero attached hydrogens (tertiary/aromatic N) is 5. The van der Waals surface area contributed by atoms with Gasteiger partial charge in [0.05, 0.1) is 23.7 Å². The SMILES string of the molecule is CC(C)(C)c1cc(CCNc2ccc(N=[N+]=[N-])cc2[N+](=O)[O-])cc(CCN2C[C@H](O)[C@@H](O)[C@H](O)[C@H]2CO)c1. The summed E-state index contributed by atoms with van der Waals surface area (Å²) in [4.78, 5) is 15.4. The number of hydrogen-bond acceptors (Lipinski definition) is 9. The minimum Gasteiger partial charge on any atom is -0.395 e. The Hall–Kier alpha value is -3.25. The third-order valence-corrected chi connectivity index (χ3v) is 6.89. The number of anilines is 1. The molecular weight excluding hydrogens is 492 g/mol. The van der Waals surface area contributed by atoms with Crippen LogP contribution in [0.15, 0.2) is 41.5 Å². The lowest BCUT2D eigenvalue weighted by molar-refractivity contribution is -0.383. The molecule has 0 aliphatic carbocycles. The van der Waals surface area contributed by atoms with Crippen LogP contribution in [-0.2, 0) is 18.3 Å². The summed E-state index contributed by atoms with van der Waals surface area (Å²) in [5, 5.41) is 58.1. The van der Waals surface area contributed by atoms with Gasteiger partial charge in [-0.05, 0) is 46.5 Å². The van der Waals surface area contributed by atoms with Crippen LogP contribution >= 0.6 is 0 Å². The molecular formula is C26H36N6O6. The molecule has 12 nitrogen and oxygen atoms in total. The summed E-state index contributed by atoms with van der Waals surface area (Å²) in [6, 6.07) is 9.91. The highest BCUT2D eigenvalue weighted by atomic mass is 16.6.